The Morgan fingerprint density at radius 1 is 1.03 bits per heavy atom. The second-order valence-electron chi connectivity index (χ2n) is 7.70. The normalized spacial score (nSPS) is 11.8. The Balaban J connectivity index is 1.45. The van der Waals surface area contributed by atoms with Crippen molar-refractivity contribution in [2.24, 2.45) is 0 Å². The highest BCUT2D eigenvalue weighted by atomic mass is 32.2. The predicted octanol–water partition coefficient (Wildman–Crippen LogP) is 1.35. The van der Waals surface area contributed by atoms with E-state index in [2.05, 4.69) is 25.0 Å². The summed E-state index contributed by atoms with van der Waals surface area (Å²) >= 11 is 0. The summed E-state index contributed by atoms with van der Waals surface area (Å²) in [6, 6.07) is 14.1. The summed E-state index contributed by atoms with van der Waals surface area (Å²) in [5, 5.41) is 3.13. The van der Waals surface area contributed by atoms with Crippen LogP contribution in [0.2, 0.25) is 0 Å². The molecule has 3 N–H and O–H groups in total. The molecule has 0 aliphatic heterocycles. The number of nitrogens with one attached hydrogen (secondary N) is 3. The number of hydrogen-bond donors (Lipinski definition) is 3. The van der Waals surface area contributed by atoms with E-state index >= 15 is 0 Å². The van der Waals surface area contributed by atoms with Gasteiger partial charge in [0.2, 0.25) is 16.0 Å². The zero-order valence-corrected chi connectivity index (χ0v) is 18.8. The van der Waals surface area contributed by atoms with Crippen LogP contribution in [0.15, 0.2) is 72.0 Å². The molecule has 0 bridgehead atoms. The van der Waals surface area contributed by atoms with Gasteiger partial charge in [-0.05, 0) is 42.5 Å². The third kappa shape index (κ3) is 5.10. The molecule has 166 valence electrons. The summed E-state index contributed by atoms with van der Waals surface area (Å²) in [6.07, 6.45) is 6.16. The number of imidazole rings is 1. The van der Waals surface area contributed by atoms with Crippen LogP contribution in [0, 0.1) is 0 Å². The zero-order valence-electron chi connectivity index (χ0n) is 18.0. The second kappa shape index (κ2) is 9.43. The topological polar surface area (TPSA) is 106 Å². The van der Waals surface area contributed by atoms with Crippen LogP contribution in [0.4, 0.5) is 11.6 Å². The maximum Gasteiger partial charge on any atom is 0.240 e. The van der Waals surface area contributed by atoms with Gasteiger partial charge >= 0.3 is 0 Å². The van der Waals surface area contributed by atoms with Crippen LogP contribution >= 0.6 is 0 Å². The SMILES string of the molecule is C[NH+](C)CCCNS(=O)(=O)c1ccc(Nc2nccc(-c3cnc4ccccn34)n2)cc1. The average molecular weight is 453 g/mol. The molecule has 4 rings (SSSR count). The van der Waals surface area contributed by atoms with E-state index in [-0.39, 0.29) is 4.90 Å². The summed E-state index contributed by atoms with van der Waals surface area (Å²) in [5.74, 6) is 0.410. The number of hydrogen-bond acceptors (Lipinski definition) is 6. The second-order valence-corrected chi connectivity index (χ2v) is 9.46. The quantitative estimate of drug-likeness (QED) is 0.331. The van der Waals surface area contributed by atoms with Crippen LogP contribution in [0.1, 0.15) is 6.42 Å². The lowest BCUT2D eigenvalue weighted by atomic mass is 10.3. The van der Waals surface area contributed by atoms with Crippen LogP contribution in [-0.2, 0) is 10.0 Å². The van der Waals surface area contributed by atoms with Crippen LogP contribution in [-0.4, -0.2) is 55.0 Å². The Morgan fingerprint density at radius 2 is 1.84 bits per heavy atom. The first kappa shape index (κ1) is 21.9. The Morgan fingerprint density at radius 3 is 2.62 bits per heavy atom. The Kier molecular flexibility index (Phi) is 6.45. The molecule has 0 fully saturated rings. The number of anilines is 2. The van der Waals surface area contributed by atoms with Crippen molar-refractivity contribution in [3.8, 4) is 11.4 Å². The van der Waals surface area contributed by atoms with E-state index in [0.717, 1.165) is 30.0 Å². The minimum absolute atomic E-state index is 0.223. The largest absolute Gasteiger partial charge is 0.340 e. The lowest BCUT2D eigenvalue weighted by molar-refractivity contribution is -0.858. The molecule has 1 aromatic carbocycles. The lowest BCUT2D eigenvalue weighted by Crippen LogP contribution is -3.05. The number of pyridine rings is 1. The molecule has 4 aromatic rings. The monoisotopic (exact) mass is 452 g/mol. The van der Waals surface area contributed by atoms with Gasteiger partial charge in [-0.1, -0.05) is 6.07 Å². The summed E-state index contributed by atoms with van der Waals surface area (Å²) in [4.78, 5) is 14.8. The standard InChI is InChI=1S/C22H25N7O2S/c1-28(2)14-5-12-25-32(30,31)18-9-7-17(8-10-18)26-22-23-13-11-19(27-22)20-16-24-21-6-3-4-15-29(20)21/h3-4,6-11,13,15-16,25H,5,12,14H2,1-2H3,(H,23,26,27)/p+1. The number of rotatable bonds is 9. The van der Waals surface area contributed by atoms with Crippen LogP contribution < -0.4 is 14.9 Å². The first-order chi connectivity index (χ1) is 15.4. The van der Waals surface area contributed by atoms with Crippen molar-refractivity contribution in [1.29, 1.82) is 0 Å². The molecule has 0 radical (unpaired) electrons. The number of nitrogens with zero attached hydrogens (tertiary/aromatic N) is 4. The number of aromatic nitrogens is 4. The highest BCUT2D eigenvalue weighted by Gasteiger charge is 2.14. The summed E-state index contributed by atoms with van der Waals surface area (Å²) in [5.41, 5.74) is 3.11. The third-order valence-corrected chi connectivity index (χ3v) is 6.38. The molecule has 32 heavy (non-hydrogen) atoms. The van der Waals surface area contributed by atoms with Gasteiger partial charge in [0.1, 0.15) is 5.65 Å². The summed E-state index contributed by atoms with van der Waals surface area (Å²) in [7, 11) is 0.545. The molecule has 0 spiro atoms. The van der Waals surface area contributed by atoms with E-state index in [1.54, 1.807) is 36.7 Å². The van der Waals surface area contributed by atoms with E-state index < -0.39 is 10.0 Å². The summed E-state index contributed by atoms with van der Waals surface area (Å²) < 4.78 is 29.5. The molecule has 0 saturated carbocycles. The van der Waals surface area contributed by atoms with E-state index in [4.69, 9.17) is 0 Å². The fraction of sp³-hybridized carbons (Fsp3) is 0.227. The molecule has 9 nitrogen and oxygen atoms in total. The maximum absolute atomic E-state index is 12.5. The van der Waals surface area contributed by atoms with Crippen LogP contribution in [0.3, 0.4) is 0 Å². The molecular weight excluding hydrogens is 426 g/mol. The van der Waals surface area contributed by atoms with Gasteiger partial charge in [-0.25, -0.2) is 28.1 Å². The molecule has 0 atom stereocenters. The fourth-order valence-electron chi connectivity index (χ4n) is 3.26. The molecule has 0 aliphatic carbocycles. The van der Waals surface area contributed by atoms with Crippen molar-refractivity contribution in [2.75, 3.05) is 32.5 Å². The Labute approximate surface area is 187 Å². The van der Waals surface area contributed by atoms with Gasteiger partial charge in [0.05, 0.1) is 43.1 Å². The fourth-order valence-corrected chi connectivity index (χ4v) is 4.34. The van der Waals surface area contributed by atoms with Crippen molar-refractivity contribution in [2.45, 2.75) is 11.3 Å². The van der Waals surface area contributed by atoms with Gasteiger partial charge in [0.25, 0.3) is 0 Å². The van der Waals surface area contributed by atoms with Gasteiger partial charge < -0.3 is 10.2 Å². The van der Waals surface area contributed by atoms with Crippen molar-refractivity contribution < 1.29 is 13.3 Å². The summed E-state index contributed by atoms with van der Waals surface area (Å²) in [6.45, 7) is 1.32. The van der Waals surface area contributed by atoms with E-state index in [9.17, 15) is 8.42 Å². The average Bonchev–Trinajstić information content (AvgIpc) is 3.21. The van der Waals surface area contributed by atoms with Crippen molar-refractivity contribution in [3.63, 3.8) is 0 Å². The van der Waals surface area contributed by atoms with Crippen molar-refractivity contribution in [3.05, 3.63) is 67.1 Å². The molecule has 0 aliphatic rings. The minimum Gasteiger partial charge on any atom is -0.340 e. The Bertz CT molecular complexity index is 1300. The molecule has 0 saturated heterocycles. The molecule has 3 heterocycles. The van der Waals surface area contributed by atoms with E-state index in [1.807, 2.05) is 49.0 Å². The first-order valence-corrected chi connectivity index (χ1v) is 11.8. The minimum atomic E-state index is -3.53. The third-order valence-electron chi connectivity index (χ3n) is 4.90. The van der Waals surface area contributed by atoms with Gasteiger partial charge in [-0.3, -0.25) is 4.40 Å². The highest BCUT2D eigenvalue weighted by molar-refractivity contribution is 7.89. The van der Waals surface area contributed by atoms with Gasteiger partial charge in [0.15, 0.2) is 0 Å². The van der Waals surface area contributed by atoms with Gasteiger partial charge in [0, 0.05) is 31.0 Å². The van der Waals surface area contributed by atoms with Crippen molar-refractivity contribution in [1.82, 2.24) is 24.1 Å². The Hall–Kier alpha value is -3.34. The molecule has 0 amide bonds. The number of benzene rings is 1. The van der Waals surface area contributed by atoms with Crippen LogP contribution in [0.25, 0.3) is 17.0 Å². The van der Waals surface area contributed by atoms with Gasteiger partial charge in [-0.15, -0.1) is 0 Å². The number of fused-ring (bicyclic) bond motifs is 1. The molecule has 10 heteroatoms. The lowest BCUT2D eigenvalue weighted by Gasteiger charge is -2.10. The molecular formula is C22H26N7O2S+. The van der Waals surface area contributed by atoms with E-state index in [1.165, 1.54) is 4.90 Å². The maximum atomic E-state index is 12.5. The number of quaternary nitrogens is 1. The predicted molar refractivity (Wildman–Crippen MR) is 123 cm³/mol. The smallest absolute Gasteiger partial charge is 0.240 e. The van der Waals surface area contributed by atoms with Crippen LogP contribution in [0.5, 0.6) is 0 Å². The zero-order chi connectivity index (χ0) is 22.6. The highest BCUT2D eigenvalue weighted by Crippen LogP contribution is 2.21. The van der Waals surface area contributed by atoms with Gasteiger partial charge in [-0.2, -0.15) is 0 Å². The molecule has 0 unspecified atom stereocenters. The van der Waals surface area contributed by atoms with E-state index in [0.29, 0.717) is 18.2 Å². The van der Waals surface area contributed by atoms with Crippen molar-refractivity contribution >= 4 is 27.3 Å². The molecule has 3 aromatic heterocycles. The number of sulfonamides is 1. The first-order valence-electron chi connectivity index (χ1n) is 10.3.